The first kappa shape index (κ1) is 15.7. The zero-order valence-corrected chi connectivity index (χ0v) is 13.4. The van der Waals surface area contributed by atoms with Crippen LogP contribution in [0.5, 0.6) is 0 Å². The number of aromatic nitrogens is 1. The van der Waals surface area contributed by atoms with E-state index in [2.05, 4.69) is 17.3 Å². The molecule has 0 N–H and O–H groups in total. The quantitative estimate of drug-likeness (QED) is 0.851. The van der Waals surface area contributed by atoms with Gasteiger partial charge in [0.15, 0.2) is 0 Å². The van der Waals surface area contributed by atoms with E-state index in [9.17, 15) is 4.79 Å². The second-order valence-electron chi connectivity index (χ2n) is 6.07. The Balaban J connectivity index is 1.41. The third-order valence-corrected chi connectivity index (χ3v) is 4.21. The molecular formula is C18H22N2O3. The van der Waals surface area contributed by atoms with E-state index in [1.54, 1.807) is 6.07 Å². The summed E-state index contributed by atoms with van der Waals surface area (Å²) in [4.78, 5) is 14.1. The molecular weight excluding hydrogens is 292 g/mol. The molecule has 1 aromatic heterocycles. The third kappa shape index (κ3) is 4.20. The maximum atomic E-state index is 12.3. The molecule has 0 spiro atoms. The van der Waals surface area contributed by atoms with Crippen LogP contribution in [0.1, 0.15) is 34.7 Å². The summed E-state index contributed by atoms with van der Waals surface area (Å²) in [6, 6.07) is 11.9. The highest BCUT2D eigenvalue weighted by atomic mass is 16.5. The summed E-state index contributed by atoms with van der Waals surface area (Å²) in [5, 5.41) is 3.77. The number of likely N-dealkylation sites (tertiary alicyclic amines) is 1. The number of hydrogen-bond donors (Lipinski definition) is 0. The monoisotopic (exact) mass is 314 g/mol. The molecule has 0 radical (unpaired) electrons. The molecule has 1 amide bonds. The normalized spacial score (nSPS) is 15.8. The topological polar surface area (TPSA) is 55.6 Å². The predicted molar refractivity (Wildman–Crippen MR) is 86.0 cm³/mol. The van der Waals surface area contributed by atoms with Gasteiger partial charge in [0.1, 0.15) is 0 Å². The van der Waals surface area contributed by atoms with Crippen LogP contribution >= 0.6 is 0 Å². The summed E-state index contributed by atoms with van der Waals surface area (Å²) in [5.41, 5.74) is 1.93. The Morgan fingerprint density at radius 2 is 2.04 bits per heavy atom. The first-order valence-corrected chi connectivity index (χ1v) is 8.06. The number of amides is 1. The lowest BCUT2D eigenvalue weighted by atomic mass is 9.97. The Kier molecular flexibility index (Phi) is 5.08. The standard InChI is InChI=1S/C18H22N2O3/c1-14-11-17(23-19-14)18(21)20-9-7-16(8-10-20)13-22-12-15-5-3-2-4-6-15/h2-6,11,16H,7-10,12-13H2,1H3. The SMILES string of the molecule is Cc1cc(C(=O)N2CCC(COCc3ccccc3)CC2)on1. The molecule has 122 valence electrons. The van der Waals surface area contributed by atoms with E-state index in [1.807, 2.05) is 30.0 Å². The van der Waals surface area contributed by atoms with Gasteiger partial charge in [-0.15, -0.1) is 0 Å². The highest BCUT2D eigenvalue weighted by Gasteiger charge is 2.25. The van der Waals surface area contributed by atoms with Crippen LogP contribution in [-0.4, -0.2) is 35.7 Å². The van der Waals surface area contributed by atoms with Crippen molar-refractivity contribution in [1.29, 1.82) is 0 Å². The van der Waals surface area contributed by atoms with E-state index in [1.165, 1.54) is 5.56 Å². The van der Waals surface area contributed by atoms with E-state index < -0.39 is 0 Å². The number of aryl methyl sites for hydroxylation is 1. The molecule has 2 heterocycles. The molecule has 5 nitrogen and oxygen atoms in total. The van der Waals surface area contributed by atoms with Crippen molar-refractivity contribution in [2.75, 3.05) is 19.7 Å². The van der Waals surface area contributed by atoms with Crippen molar-refractivity contribution in [3.8, 4) is 0 Å². The number of rotatable bonds is 5. The van der Waals surface area contributed by atoms with Crippen molar-refractivity contribution in [3.63, 3.8) is 0 Å². The van der Waals surface area contributed by atoms with Gasteiger partial charge in [0.2, 0.25) is 5.76 Å². The molecule has 23 heavy (non-hydrogen) atoms. The Labute approximate surface area is 136 Å². The molecule has 0 aliphatic carbocycles. The number of piperidine rings is 1. The van der Waals surface area contributed by atoms with Gasteiger partial charge in [0.05, 0.1) is 12.3 Å². The van der Waals surface area contributed by atoms with Gasteiger partial charge in [-0.3, -0.25) is 4.79 Å². The van der Waals surface area contributed by atoms with Gasteiger partial charge < -0.3 is 14.2 Å². The average Bonchev–Trinajstić information content (AvgIpc) is 3.02. The number of benzene rings is 1. The van der Waals surface area contributed by atoms with Crippen LogP contribution < -0.4 is 0 Å². The zero-order valence-electron chi connectivity index (χ0n) is 13.4. The van der Waals surface area contributed by atoms with Crippen LogP contribution in [0.15, 0.2) is 40.9 Å². The van der Waals surface area contributed by atoms with Gasteiger partial charge in [-0.1, -0.05) is 35.5 Å². The predicted octanol–water partition coefficient (Wildman–Crippen LogP) is 3.05. The van der Waals surface area contributed by atoms with Crippen LogP contribution in [-0.2, 0) is 11.3 Å². The van der Waals surface area contributed by atoms with Crippen molar-refractivity contribution < 1.29 is 14.1 Å². The summed E-state index contributed by atoms with van der Waals surface area (Å²) in [6.07, 6.45) is 1.93. The number of nitrogens with zero attached hydrogens (tertiary/aromatic N) is 2. The highest BCUT2D eigenvalue weighted by Crippen LogP contribution is 2.20. The summed E-state index contributed by atoms with van der Waals surface area (Å²) in [5.74, 6) is 0.787. The van der Waals surface area contributed by atoms with Crippen LogP contribution in [0.3, 0.4) is 0 Å². The fourth-order valence-corrected chi connectivity index (χ4v) is 2.84. The van der Waals surface area contributed by atoms with E-state index in [0.29, 0.717) is 18.3 Å². The fraction of sp³-hybridized carbons (Fsp3) is 0.444. The minimum Gasteiger partial charge on any atom is -0.376 e. The molecule has 1 fully saturated rings. The number of hydrogen-bond acceptors (Lipinski definition) is 4. The maximum Gasteiger partial charge on any atom is 0.292 e. The van der Waals surface area contributed by atoms with Crippen LogP contribution in [0, 0.1) is 12.8 Å². The molecule has 1 saturated heterocycles. The molecule has 0 saturated carbocycles. The summed E-state index contributed by atoms with van der Waals surface area (Å²) >= 11 is 0. The Morgan fingerprint density at radius 3 is 2.70 bits per heavy atom. The minimum absolute atomic E-state index is 0.0609. The maximum absolute atomic E-state index is 12.3. The molecule has 0 bridgehead atoms. The van der Waals surface area contributed by atoms with Crippen LogP contribution in [0.25, 0.3) is 0 Å². The van der Waals surface area contributed by atoms with Gasteiger partial charge in [-0.25, -0.2) is 0 Å². The summed E-state index contributed by atoms with van der Waals surface area (Å²) in [7, 11) is 0. The van der Waals surface area contributed by atoms with Gasteiger partial charge in [-0.2, -0.15) is 0 Å². The van der Waals surface area contributed by atoms with Crippen molar-refractivity contribution in [1.82, 2.24) is 10.1 Å². The van der Waals surface area contributed by atoms with Gasteiger partial charge in [-0.05, 0) is 31.2 Å². The van der Waals surface area contributed by atoms with Crippen molar-refractivity contribution >= 4 is 5.91 Å². The molecule has 1 aliphatic rings. The number of carbonyl (C=O) groups is 1. The smallest absolute Gasteiger partial charge is 0.292 e. The Bertz CT molecular complexity index is 631. The van der Waals surface area contributed by atoms with E-state index in [0.717, 1.165) is 38.2 Å². The molecule has 1 aliphatic heterocycles. The summed E-state index contributed by atoms with van der Waals surface area (Å²) in [6.45, 7) is 4.71. The lowest BCUT2D eigenvalue weighted by Gasteiger charge is -2.31. The third-order valence-electron chi connectivity index (χ3n) is 4.21. The fourth-order valence-electron chi connectivity index (χ4n) is 2.84. The summed E-state index contributed by atoms with van der Waals surface area (Å²) < 4.78 is 10.9. The number of ether oxygens (including phenoxy) is 1. The van der Waals surface area contributed by atoms with Crippen molar-refractivity contribution in [2.24, 2.45) is 5.92 Å². The van der Waals surface area contributed by atoms with E-state index in [-0.39, 0.29) is 5.91 Å². The lowest BCUT2D eigenvalue weighted by Crippen LogP contribution is -2.39. The zero-order chi connectivity index (χ0) is 16.1. The average molecular weight is 314 g/mol. The second-order valence-corrected chi connectivity index (χ2v) is 6.07. The first-order chi connectivity index (χ1) is 11.2. The molecule has 0 unspecified atom stereocenters. The molecule has 5 heteroatoms. The van der Waals surface area contributed by atoms with Crippen molar-refractivity contribution in [3.05, 3.63) is 53.4 Å². The van der Waals surface area contributed by atoms with E-state index >= 15 is 0 Å². The Hall–Kier alpha value is -2.14. The first-order valence-electron chi connectivity index (χ1n) is 8.06. The second kappa shape index (κ2) is 7.42. The van der Waals surface area contributed by atoms with Crippen molar-refractivity contribution in [2.45, 2.75) is 26.4 Å². The lowest BCUT2D eigenvalue weighted by molar-refractivity contribution is 0.0456. The largest absolute Gasteiger partial charge is 0.376 e. The van der Waals surface area contributed by atoms with Crippen LogP contribution in [0.4, 0.5) is 0 Å². The minimum atomic E-state index is -0.0609. The van der Waals surface area contributed by atoms with Gasteiger partial charge in [0, 0.05) is 25.8 Å². The van der Waals surface area contributed by atoms with E-state index in [4.69, 9.17) is 9.26 Å². The molecule has 0 atom stereocenters. The Morgan fingerprint density at radius 1 is 1.30 bits per heavy atom. The van der Waals surface area contributed by atoms with Gasteiger partial charge in [0.25, 0.3) is 5.91 Å². The molecule has 3 rings (SSSR count). The molecule has 2 aromatic rings. The number of carbonyl (C=O) groups excluding carboxylic acids is 1. The molecule has 1 aromatic carbocycles. The highest BCUT2D eigenvalue weighted by molar-refractivity contribution is 5.91. The van der Waals surface area contributed by atoms with Crippen LogP contribution in [0.2, 0.25) is 0 Å². The van der Waals surface area contributed by atoms with Gasteiger partial charge >= 0.3 is 0 Å².